The topological polar surface area (TPSA) is 67.2 Å². The summed E-state index contributed by atoms with van der Waals surface area (Å²) in [6.07, 6.45) is 3.16. The van der Waals surface area contributed by atoms with E-state index in [2.05, 4.69) is 10.4 Å². The number of carbonyl (C=O) groups is 1. The molecule has 6 heteroatoms. The highest BCUT2D eigenvalue weighted by Crippen LogP contribution is 2.19. The molecule has 0 aromatic carbocycles. The zero-order valence-electron chi connectivity index (χ0n) is 11.6. The number of aromatic nitrogens is 2. The summed E-state index contributed by atoms with van der Waals surface area (Å²) in [5.74, 6) is -0.215. The van der Waals surface area contributed by atoms with E-state index in [1.807, 2.05) is 13.8 Å². The van der Waals surface area contributed by atoms with E-state index >= 15 is 0 Å². The maximum atomic E-state index is 11.7. The molecule has 0 saturated carbocycles. The smallest absolute Gasteiger partial charge is 0.244 e. The molecule has 2 atom stereocenters. The number of aliphatic hydroxyl groups is 1. The Morgan fingerprint density at radius 1 is 1.58 bits per heavy atom. The minimum atomic E-state index is -0.436. The van der Waals surface area contributed by atoms with Crippen LogP contribution >= 0.6 is 11.6 Å². The van der Waals surface area contributed by atoms with Crippen molar-refractivity contribution in [3.05, 3.63) is 22.5 Å². The molecule has 5 nitrogen and oxygen atoms in total. The van der Waals surface area contributed by atoms with Gasteiger partial charge in [0.2, 0.25) is 5.91 Å². The van der Waals surface area contributed by atoms with Crippen molar-refractivity contribution < 1.29 is 9.90 Å². The molecule has 0 aliphatic rings. The normalized spacial score (nSPS) is 14.6. The Labute approximate surface area is 118 Å². The van der Waals surface area contributed by atoms with Crippen LogP contribution in [0.1, 0.15) is 31.5 Å². The Morgan fingerprint density at radius 3 is 2.68 bits per heavy atom. The number of hydrogen-bond donors (Lipinski definition) is 2. The second kappa shape index (κ2) is 6.73. The van der Waals surface area contributed by atoms with Crippen molar-refractivity contribution in [1.82, 2.24) is 15.1 Å². The molecule has 0 saturated heterocycles. The number of amides is 1. The highest BCUT2D eigenvalue weighted by Gasteiger charge is 2.10. The first kappa shape index (κ1) is 15.7. The highest BCUT2D eigenvalue weighted by atomic mass is 35.5. The van der Waals surface area contributed by atoms with Crippen molar-refractivity contribution in [3.63, 3.8) is 0 Å². The van der Waals surface area contributed by atoms with E-state index in [1.165, 1.54) is 6.08 Å². The lowest BCUT2D eigenvalue weighted by Crippen LogP contribution is -2.33. The van der Waals surface area contributed by atoms with Crippen LogP contribution in [0, 0.1) is 6.92 Å². The molecule has 0 fully saturated rings. The van der Waals surface area contributed by atoms with Gasteiger partial charge < -0.3 is 10.4 Å². The van der Waals surface area contributed by atoms with E-state index in [0.717, 1.165) is 11.3 Å². The van der Waals surface area contributed by atoms with Gasteiger partial charge in [0.25, 0.3) is 0 Å². The summed E-state index contributed by atoms with van der Waals surface area (Å²) >= 11 is 6.06. The van der Waals surface area contributed by atoms with Gasteiger partial charge in [-0.3, -0.25) is 9.48 Å². The first-order chi connectivity index (χ1) is 8.81. The van der Waals surface area contributed by atoms with E-state index in [1.54, 1.807) is 24.7 Å². The summed E-state index contributed by atoms with van der Waals surface area (Å²) in [6, 6.07) is -0.0809. The van der Waals surface area contributed by atoms with Crippen LogP contribution < -0.4 is 5.32 Å². The van der Waals surface area contributed by atoms with Crippen LogP contribution in [0.15, 0.2) is 6.08 Å². The van der Waals surface area contributed by atoms with E-state index in [9.17, 15) is 9.90 Å². The largest absolute Gasteiger partial charge is 0.393 e. The Kier molecular flexibility index (Phi) is 5.57. The fourth-order valence-electron chi connectivity index (χ4n) is 1.86. The van der Waals surface area contributed by atoms with Crippen molar-refractivity contribution >= 4 is 23.6 Å². The zero-order chi connectivity index (χ0) is 14.6. The number of carbonyl (C=O) groups excluding carboxylic acids is 1. The molecule has 1 aromatic heterocycles. The molecule has 1 amide bonds. The molecule has 0 aliphatic heterocycles. The van der Waals surface area contributed by atoms with Crippen LogP contribution in [0.25, 0.3) is 6.08 Å². The fraction of sp³-hybridized carbons (Fsp3) is 0.538. The van der Waals surface area contributed by atoms with Crippen LogP contribution in [0.2, 0.25) is 5.15 Å². The first-order valence-electron chi connectivity index (χ1n) is 6.17. The maximum absolute atomic E-state index is 11.7. The van der Waals surface area contributed by atoms with Gasteiger partial charge in [0, 0.05) is 24.7 Å². The van der Waals surface area contributed by atoms with Gasteiger partial charge in [-0.1, -0.05) is 11.6 Å². The average Bonchev–Trinajstić information content (AvgIpc) is 2.49. The van der Waals surface area contributed by atoms with E-state index < -0.39 is 6.10 Å². The Hall–Kier alpha value is -1.33. The van der Waals surface area contributed by atoms with E-state index in [-0.39, 0.29) is 11.9 Å². The highest BCUT2D eigenvalue weighted by molar-refractivity contribution is 6.31. The maximum Gasteiger partial charge on any atom is 0.244 e. The van der Waals surface area contributed by atoms with Gasteiger partial charge in [0.15, 0.2) is 0 Å². The van der Waals surface area contributed by atoms with Gasteiger partial charge in [-0.2, -0.15) is 5.10 Å². The quantitative estimate of drug-likeness (QED) is 0.809. The predicted octanol–water partition coefficient (Wildman–Crippen LogP) is 1.67. The Morgan fingerprint density at radius 2 is 2.21 bits per heavy atom. The third-order valence-corrected chi connectivity index (χ3v) is 3.13. The number of rotatable bonds is 5. The van der Waals surface area contributed by atoms with Crippen LogP contribution in [-0.4, -0.2) is 32.9 Å². The molecular weight excluding hydrogens is 266 g/mol. The molecule has 2 unspecified atom stereocenters. The number of aliphatic hydroxyl groups excluding tert-OH is 1. The standard InChI is InChI=1S/C13H20ClN3O2/c1-8(7-9(2)18)15-12(19)6-5-11-10(3)16-17(4)13(11)14/h5-6,8-9,18H,7H2,1-4H3,(H,15,19)/b6-5+. The third kappa shape index (κ3) is 4.69. The van der Waals surface area contributed by atoms with Gasteiger partial charge in [0.1, 0.15) is 5.15 Å². The third-order valence-electron chi connectivity index (χ3n) is 2.68. The van der Waals surface area contributed by atoms with Crippen LogP contribution in [0.5, 0.6) is 0 Å². The molecule has 1 heterocycles. The van der Waals surface area contributed by atoms with Crippen molar-refractivity contribution in [2.75, 3.05) is 0 Å². The minimum Gasteiger partial charge on any atom is -0.393 e. The molecule has 0 spiro atoms. The summed E-state index contributed by atoms with van der Waals surface area (Å²) in [6.45, 7) is 5.37. The van der Waals surface area contributed by atoms with Gasteiger partial charge >= 0.3 is 0 Å². The van der Waals surface area contributed by atoms with Crippen LogP contribution in [0.3, 0.4) is 0 Å². The van der Waals surface area contributed by atoms with E-state index in [0.29, 0.717) is 11.6 Å². The molecule has 0 bridgehead atoms. The van der Waals surface area contributed by atoms with Crippen molar-refractivity contribution in [2.45, 2.75) is 39.3 Å². The summed E-state index contributed by atoms with van der Waals surface area (Å²) in [5, 5.41) is 16.6. The molecule has 1 aromatic rings. The van der Waals surface area contributed by atoms with Gasteiger partial charge in [0.05, 0.1) is 11.8 Å². The second-order valence-corrected chi connectivity index (χ2v) is 5.10. The zero-order valence-corrected chi connectivity index (χ0v) is 12.4. The number of aryl methyl sites for hydroxylation is 2. The van der Waals surface area contributed by atoms with Crippen molar-refractivity contribution in [3.8, 4) is 0 Å². The lowest BCUT2D eigenvalue weighted by atomic mass is 10.1. The van der Waals surface area contributed by atoms with Gasteiger partial charge in [-0.15, -0.1) is 0 Å². The number of nitrogens with zero attached hydrogens (tertiary/aromatic N) is 2. The Bertz CT molecular complexity index is 480. The van der Waals surface area contributed by atoms with Gasteiger partial charge in [-0.05, 0) is 33.3 Å². The van der Waals surface area contributed by atoms with Crippen molar-refractivity contribution in [1.29, 1.82) is 0 Å². The monoisotopic (exact) mass is 285 g/mol. The van der Waals surface area contributed by atoms with Crippen LogP contribution in [0.4, 0.5) is 0 Å². The molecule has 19 heavy (non-hydrogen) atoms. The lowest BCUT2D eigenvalue weighted by Gasteiger charge is -2.13. The second-order valence-electron chi connectivity index (χ2n) is 4.74. The molecular formula is C13H20ClN3O2. The van der Waals surface area contributed by atoms with Crippen LogP contribution in [-0.2, 0) is 11.8 Å². The average molecular weight is 286 g/mol. The molecule has 0 radical (unpaired) electrons. The molecule has 106 valence electrons. The summed E-state index contributed by atoms with van der Waals surface area (Å²) in [4.78, 5) is 11.7. The fourth-order valence-corrected chi connectivity index (χ4v) is 2.09. The number of halogens is 1. The van der Waals surface area contributed by atoms with Gasteiger partial charge in [-0.25, -0.2) is 0 Å². The summed E-state index contributed by atoms with van der Waals surface area (Å²) in [7, 11) is 1.75. The summed E-state index contributed by atoms with van der Waals surface area (Å²) < 4.78 is 1.56. The predicted molar refractivity (Wildman–Crippen MR) is 75.9 cm³/mol. The van der Waals surface area contributed by atoms with E-state index in [4.69, 9.17) is 11.6 Å². The Balaban J connectivity index is 2.64. The number of nitrogens with one attached hydrogen (secondary N) is 1. The summed E-state index contributed by atoms with van der Waals surface area (Å²) in [5.41, 5.74) is 1.51. The molecule has 1 rings (SSSR count). The number of hydrogen-bond acceptors (Lipinski definition) is 3. The SMILES string of the molecule is Cc1nn(C)c(Cl)c1/C=C/C(=O)NC(C)CC(C)O. The molecule has 2 N–H and O–H groups in total. The lowest BCUT2D eigenvalue weighted by molar-refractivity contribution is -0.117. The minimum absolute atomic E-state index is 0.0809. The first-order valence-corrected chi connectivity index (χ1v) is 6.54. The van der Waals surface area contributed by atoms with Crippen molar-refractivity contribution in [2.24, 2.45) is 7.05 Å². The molecule has 0 aliphatic carbocycles.